The Kier molecular flexibility index (Phi) is 4.47. The van der Waals surface area contributed by atoms with Crippen LogP contribution in [0.4, 0.5) is 0 Å². The zero-order valence-electron chi connectivity index (χ0n) is 15.8. The van der Waals surface area contributed by atoms with Crippen LogP contribution in [0.1, 0.15) is 40.8 Å². The highest BCUT2D eigenvalue weighted by molar-refractivity contribution is 5.92. The van der Waals surface area contributed by atoms with Crippen molar-refractivity contribution in [2.75, 3.05) is 13.1 Å². The second kappa shape index (κ2) is 6.94. The first-order valence-electron chi connectivity index (χ1n) is 9.12. The highest BCUT2D eigenvalue weighted by Crippen LogP contribution is 2.27. The summed E-state index contributed by atoms with van der Waals surface area (Å²) in [5.41, 5.74) is 3.16. The van der Waals surface area contributed by atoms with Gasteiger partial charge in [0, 0.05) is 45.5 Å². The number of hydrogen-bond acceptors (Lipinski definition) is 5. The lowest BCUT2D eigenvalue weighted by Crippen LogP contribution is -2.39. The van der Waals surface area contributed by atoms with Gasteiger partial charge in [-0.2, -0.15) is 5.10 Å². The Hall–Kier alpha value is -3.03. The van der Waals surface area contributed by atoms with Crippen LogP contribution in [-0.2, 0) is 14.1 Å². The predicted molar refractivity (Wildman–Crippen MR) is 100 cm³/mol. The standard InChI is InChI=1S/C19H23N7O/c1-13-21-11-18(25(13)3)17-10-20-9-16(22-17)14-5-4-7-26(12-14)19(27)15-6-8-24(2)23-15/h6,8-11,14H,4-5,7,12H2,1-3H3/t14-/m0/s1. The van der Waals surface area contributed by atoms with Crippen LogP contribution in [0.15, 0.2) is 30.9 Å². The second-order valence-electron chi connectivity index (χ2n) is 7.04. The third-order valence-electron chi connectivity index (χ3n) is 5.20. The van der Waals surface area contributed by atoms with Crippen molar-refractivity contribution >= 4 is 5.91 Å². The fraction of sp³-hybridized carbons (Fsp3) is 0.421. The van der Waals surface area contributed by atoms with Gasteiger partial charge in [0.2, 0.25) is 0 Å². The molecule has 4 heterocycles. The molecule has 1 atom stereocenters. The summed E-state index contributed by atoms with van der Waals surface area (Å²) in [6.45, 7) is 3.35. The number of piperidine rings is 1. The molecular weight excluding hydrogens is 342 g/mol. The Balaban J connectivity index is 1.56. The highest BCUT2D eigenvalue weighted by Gasteiger charge is 2.27. The molecule has 0 saturated carbocycles. The van der Waals surface area contributed by atoms with E-state index in [1.54, 1.807) is 23.1 Å². The molecule has 0 spiro atoms. The van der Waals surface area contributed by atoms with Gasteiger partial charge in [0.05, 0.1) is 23.8 Å². The first-order chi connectivity index (χ1) is 13.0. The van der Waals surface area contributed by atoms with Gasteiger partial charge in [-0.1, -0.05) is 0 Å². The van der Waals surface area contributed by atoms with Gasteiger partial charge in [0.15, 0.2) is 0 Å². The van der Waals surface area contributed by atoms with E-state index in [9.17, 15) is 4.79 Å². The minimum atomic E-state index is -0.0216. The summed E-state index contributed by atoms with van der Waals surface area (Å²) in [6, 6.07) is 1.76. The molecule has 1 fully saturated rings. The number of aromatic nitrogens is 6. The lowest BCUT2D eigenvalue weighted by atomic mass is 9.94. The molecular formula is C19H23N7O. The Morgan fingerprint density at radius 3 is 2.78 bits per heavy atom. The molecule has 1 aliphatic rings. The van der Waals surface area contributed by atoms with Crippen molar-refractivity contribution in [1.29, 1.82) is 0 Å². The van der Waals surface area contributed by atoms with E-state index in [2.05, 4.69) is 15.1 Å². The first-order valence-corrected chi connectivity index (χ1v) is 9.12. The largest absolute Gasteiger partial charge is 0.337 e. The molecule has 4 rings (SSSR count). The second-order valence-corrected chi connectivity index (χ2v) is 7.04. The minimum absolute atomic E-state index is 0.0216. The van der Waals surface area contributed by atoms with Gasteiger partial charge >= 0.3 is 0 Å². The van der Waals surface area contributed by atoms with E-state index in [1.807, 2.05) is 42.9 Å². The van der Waals surface area contributed by atoms with E-state index in [0.29, 0.717) is 12.2 Å². The van der Waals surface area contributed by atoms with Gasteiger partial charge in [-0.3, -0.25) is 14.5 Å². The van der Waals surface area contributed by atoms with E-state index in [0.717, 1.165) is 42.3 Å². The number of likely N-dealkylation sites (tertiary alicyclic amines) is 1. The van der Waals surface area contributed by atoms with Gasteiger partial charge < -0.3 is 9.47 Å². The molecule has 1 amide bonds. The normalized spacial score (nSPS) is 17.3. The SMILES string of the molecule is Cc1ncc(-c2cncc([C@H]3CCCN(C(=O)c4ccn(C)n4)C3)n2)n1C. The lowest BCUT2D eigenvalue weighted by molar-refractivity contribution is 0.0699. The summed E-state index contributed by atoms with van der Waals surface area (Å²) in [5, 5.41) is 4.24. The molecule has 0 N–H and O–H groups in total. The van der Waals surface area contributed by atoms with E-state index in [-0.39, 0.29) is 11.8 Å². The quantitative estimate of drug-likeness (QED) is 0.708. The van der Waals surface area contributed by atoms with Crippen LogP contribution >= 0.6 is 0 Å². The molecule has 0 aliphatic carbocycles. The predicted octanol–water partition coefficient (Wildman–Crippen LogP) is 1.94. The van der Waals surface area contributed by atoms with E-state index >= 15 is 0 Å². The van der Waals surface area contributed by atoms with Crippen LogP contribution in [0.3, 0.4) is 0 Å². The van der Waals surface area contributed by atoms with Crippen molar-refractivity contribution in [3.63, 3.8) is 0 Å². The third kappa shape index (κ3) is 3.34. The third-order valence-corrected chi connectivity index (χ3v) is 5.20. The fourth-order valence-electron chi connectivity index (χ4n) is 3.54. The maximum atomic E-state index is 12.7. The first kappa shape index (κ1) is 17.4. The van der Waals surface area contributed by atoms with E-state index in [1.165, 1.54) is 0 Å². The zero-order chi connectivity index (χ0) is 19.0. The van der Waals surface area contributed by atoms with Gasteiger partial charge in [-0.15, -0.1) is 0 Å². The minimum Gasteiger partial charge on any atom is -0.337 e. The summed E-state index contributed by atoms with van der Waals surface area (Å²) >= 11 is 0. The maximum Gasteiger partial charge on any atom is 0.274 e. The van der Waals surface area contributed by atoms with Crippen LogP contribution < -0.4 is 0 Å². The number of carbonyl (C=O) groups is 1. The maximum absolute atomic E-state index is 12.7. The smallest absolute Gasteiger partial charge is 0.274 e. The molecule has 0 aromatic carbocycles. The van der Waals surface area contributed by atoms with Crippen molar-refractivity contribution in [2.45, 2.75) is 25.7 Å². The van der Waals surface area contributed by atoms with Crippen molar-refractivity contribution in [1.82, 2.24) is 34.2 Å². The Morgan fingerprint density at radius 2 is 2.07 bits per heavy atom. The molecule has 3 aromatic heterocycles. The van der Waals surface area contributed by atoms with E-state index < -0.39 is 0 Å². The number of amides is 1. The van der Waals surface area contributed by atoms with Crippen molar-refractivity contribution < 1.29 is 4.79 Å². The summed E-state index contributed by atoms with van der Waals surface area (Å²) in [5.74, 6) is 1.09. The summed E-state index contributed by atoms with van der Waals surface area (Å²) < 4.78 is 3.66. The number of rotatable bonds is 3. The average Bonchev–Trinajstić information content (AvgIpc) is 3.27. The Bertz CT molecular complexity index is 974. The van der Waals surface area contributed by atoms with Crippen molar-refractivity contribution in [3.05, 3.63) is 48.1 Å². The van der Waals surface area contributed by atoms with Crippen LogP contribution in [0.2, 0.25) is 0 Å². The van der Waals surface area contributed by atoms with Crippen LogP contribution in [-0.4, -0.2) is 53.2 Å². The van der Waals surface area contributed by atoms with Gasteiger partial charge in [-0.25, -0.2) is 9.97 Å². The lowest BCUT2D eigenvalue weighted by Gasteiger charge is -2.32. The molecule has 27 heavy (non-hydrogen) atoms. The molecule has 1 aliphatic heterocycles. The number of imidazole rings is 1. The summed E-state index contributed by atoms with van der Waals surface area (Å²) in [6.07, 6.45) is 9.13. The molecule has 3 aromatic rings. The number of aryl methyl sites for hydroxylation is 2. The fourth-order valence-corrected chi connectivity index (χ4v) is 3.54. The van der Waals surface area contributed by atoms with Gasteiger partial charge in [0.1, 0.15) is 17.2 Å². The Labute approximate surface area is 157 Å². The van der Waals surface area contributed by atoms with Gasteiger partial charge in [0.25, 0.3) is 5.91 Å². The average molecular weight is 365 g/mol. The Morgan fingerprint density at radius 1 is 1.22 bits per heavy atom. The van der Waals surface area contributed by atoms with Crippen LogP contribution in [0.25, 0.3) is 11.4 Å². The number of carbonyl (C=O) groups excluding carboxylic acids is 1. The molecule has 8 heteroatoms. The topological polar surface area (TPSA) is 81.7 Å². The van der Waals surface area contributed by atoms with Crippen molar-refractivity contribution in [2.24, 2.45) is 14.1 Å². The molecule has 140 valence electrons. The molecule has 0 radical (unpaired) electrons. The molecule has 8 nitrogen and oxygen atoms in total. The van der Waals surface area contributed by atoms with Crippen LogP contribution in [0.5, 0.6) is 0 Å². The van der Waals surface area contributed by atoms with Gasteiger partial charge in [-0.05, 0) is 25.8 Å². The zero-order valence-corrected chi connectivity index (χ0v) is 15.8. The van der Waals surface area contributed by atoms with E-state index in [4.69, 9.17) is 4.98 Å². The highest BCUT2D eigenvalue weighted by atomic mass is 16.2. The number of hydrogen-bond donors (Lipinski definition) is 0. The molecule has 0 unspecified atom stereocenters. The van der Waals surface area contributed by atoms with Crippen LogP contribution in [0, 0.1) is 6.92 Å². The molecule has 1 saturated heterocycles. The monoisotopic (exact) mass is 365 g/mol. The molecule has 0 bridgehead atoms. The summed E-state index contributed by atoms with van der Waals surface area (Å²) in [7, 11) is 3.79. The van der Waals surface area contributed by atoms with Crippen molar-refractivity contribution in [3.8, 4) is 11.4 Å². The summed E-state index contributed by atoms with van der Waals surface area (Å²) in [4.78, 5) is 28.2. The number of nitrogens with zero attached hydrogens (tertiary/aromatic N) is 7.